The minimum atomic E-state index is -0.406. The molecule has 0 bridgehead atoms. The Hall–Kier alpha value is -4.72. The number of amidine groups is 1. The molecule has 3 aromatic rings. The largest absolute Gasteiger partial charge is 0.458 e. The third kappa shape index (κ3) is 8.27. The van der Waals surface area contributed by atoms with Crippen molar-refractivity contribution < 1.29 is 23.9 Å². The highest BCUT2D eigenvalue weighted by atomic mass is 16.5. The number of esters is 1. The molecule has 8 heteroatoms. The normalized spacial score (nSPS) is 22.7. The van der Waals surface area contributed by atoms with Crippen LogP contribution in [0.4, 0.5) is 11.4 Å². The van der Waals surface area contributed by atoms with Crippen molar-refractivity contribution in [2.24, 2.45) is 22.7 Å². The van der Waals surface area contributed by atoms with Crippen molar-refractivity contribution in [3.63, 3.8) is 0 Å². The molecule has 4 aliphatic rings. The Morgan fingerprint density at radius 1 is 0.981 bits per heavy atom. The van der Waals surface area contributed by atoms with Gasteiger partial charge in [0.05, 0.1) is 11.3 Å². The number of hydrogen-bond acceptors (Lipinski definition) is 7. The molecule has 278 valence electrons. The Morgan fingerprint density at radius 2 is 1.68 bits per heavy atom. The molecule has 0 radical (unpaired) electrons. The van der Waals surface area contributed by atoms with Gasteiger partial charge < -0.3 is 14.4 Å². The Bertz CT molecular complexity index is 1880. The van der Waals surface area contributed by atoms with Gasteiger partial charge in [-0.2, -0.15) is 4.99 Å². The molecule has 3 heterocycles. The number of amides is 1. The van der Waals surface area contributed by atoms with Gasteiger partial charge in [0, 0.05) is 38.2 Å². The van der Waals surface area contributed by atoms with E-state index in [-0.39, 0.29) is 35.5 Å². The number of ether oxygens (including phenoxy) is 2. The van der Waals surface area contributed by atoms with Gasteiger partial charge in [0.25, 0.3) is 5.91 Å². The van der Waals surface area contributed by atoms with Crippen molar-refractivity contribution in [3.8, 4) is 0 Å². The molecule has 1 saturated carbocycles. The lowest BCUT2D eigenvalue weighted by molar-refractivity contribution is -0.123. The van der Waals surface area contributed by atoms with Gasteiger partial charge in [0.2, 0.25) is 0 Å². The predicted molar refractivity (Wildman–Crippen MR) is 209 cm³/mol. The summed E-state index contributed by atoms with van der Waals surface area (Å²) in [6.45, 7) is 11.0. The molecule has 1 aliphatic carbocycles. The Labute approximate surface area is 314 Å². The van der Waals surface area contributed by atoms with Crippen LogP contribution in [0.2, 0.25) is 0 Å². The van der Waals surface area contributed by atoms with Gasteiger partial charge in [0.15, 0.2) is 5.76 Å². The van der Waals surface area contributed by atoms with E-state index in [9.17, 15) is 14.4 Å². The number of carbonyl (C=O) groups is 3. The zero-order valence-electron chi connectivity index (χ0n) is 31.7. The lowest BCUT2D eigenvalue weighted by Gasteiger charge is -2.37. The van der Waals surface area contributed by atoms with E-state index in [1.165, 1.54) is 16.8 Å². The topological polar surface area (TPSA) is 88.5 Å². The zero-order chi connectivity index (χ0) is 37.1. The number of anilines is 1. The molecule has 3 aliphatic heterocycles. The number of ketones is 1. The Kier molecular flexibility index (Phi) is 11.1. The summed E-state index contributed by atoms with van der Waals surface area (Å²) in [7, 11) is 0. The van der Waals surface area contributed by atoms with Crippen molar-refractivity contribution in [2.45, 2.75) is 98.0 Å². The van der Waals surface area contributed by atoms with Gasteiger partial charge in [0.1, 0.15) is 11.9 Å². The summed E-state index contributed by atoms with van der Waals surface area (Å²) in [4.78, 5) is 48.9. The summed E-state index contributed by atoms with van der Waals surface area (Å²) in [6.07, 6.45) is 10.5. The fourth-order valence-corrected chi connectivity index (χ4v) is 8.40. The van der Waals surface area contributed by atoms with Gasteiger partial charge in [-0.05, 0) is 127 Å². The monoisotopic (exact) mass is 715 g/mol. The average Bonchev–Trinajstić information content (AvgIpc) is 3.44. The number of Topliss-reactive ketones (excluding diaryl/α,β-unsaturated/α-hetero) is 1. The summed E-state index contributed by atoms with van der Waals surface area (Å²) >= 11 is 0. The number of hydrogen-bond donors (Lipinski definition) is 0. The highest BCUT2D eigenvalue weighted by Gasteiger charge is 2.36. The fourth-order valence-electron chi connectivity index (χ4n) is 8.40. The van der Waals surface area contributed by atoms with Crippen LogP contribution in [0, 0.1) is 17.8 Å². The van der Waals surface area contributed by atoms with Crippen LogP contribution in [-0.4, -0.2) is 54.3 Å². The molecule has 1 amide bonds. The summed E-state index contributed by atoms with van der Waals surface area (Å²) in [5.41, 5.74) is 7.76. The SMILES string of the molecule is CCC(=O)Cc1ccc(CCN2C(=O)/C(=C\c3cc4c5c(c3)CCCN5CCC4)O/C2=N\c2ccccc2C(=O)OC2CC(C(C)C)CCC2C)cc1. The van der Waals surface area contributed by atoms with E-state index in [0.29, 0.717) is 48.9 Å². The van der Waals surface area contributed by atoms with E-state index in [1.807, 2.05) is 49.4 Å². The van der Waals surface area contributed by atoms with E-state index in [4.69, 9.17) is 14.5 Å². The van der Waals surface area contributed by atoms with E-state index < -0.39 is 5.97 Å². The number of carbonyl (C=O) groups excluding carboxylic acids is 3. The lowest BCUT2D eigenvalue weighted by atomic mass is 9.76. The van der Waals surface area contributed by atoms with Gasteiger partial charge in [-0.3, -0.25) is 14.5 Å². The number of benzene rings is 3. The second-order valence-electron chi connectivity index (χ2n) is 15.7. The maximum absolute atomic E-state index is 14.2. The third-order valence-corrected chi connectivity index (χ3v) is 11.7. The second kappa shape index (κ2) is 16.1. The molecular weight excluding hydrogens is 663 g/mol. The van der Waals surface area contributed by atoms with Crippen LogP contribution in [0.15, 0.2) is 71.4 Å². The first-order chi connectivity index (χ1) is 25.7. The van der Waals surface area contributed by atoms with Crippen LogP contribution < -0.4 is 4.90 Å². The minimum Gasteiger partial charge on any atom is -0.458 e. The number of aliphatic imine (C=N–C) groups is 1. The van der Waals surface area contributed by atoms with Crippen molar-refractivity contribution in [1.29, 1.82) is 0 Å². The van der Waals surface area contributed by atoms with Gasteiger partial charge in [-0.1, -0.05) is 64.1 Å². The zero-order valence-corrected chi connectivity index (χ0v) is 31.7. The first kappa shape index (κ1) is 36.6. The molecule has 0 spiro atoms. The van der Waals surface area contributed by atoms with E-state index in [0.717, 1.165) is 74.7 Å². The van der Waals surface area contributed by atoms with Crippen LogP contribution >= 0.6 is 0 Å². The average molecular weight is 716 g/mol. The third-order valence-electron chi connectivity index (χ3n) is 11.7. The van der Waals surface area contributed by atoms with Crippen LogP contribution in [0.25, 0.3) is 6.08 Å². The molecule has 0 N–H and O–H groups in total. The number of para-hydroxylation sites is 1. The molecule has 3 aromatic carbocycles. The van der Waals surface area contributed by atoms with Crippen molar-refractivity contribution in [3.05, 3.63) is 99.8 Å². The minimum absolute atomic E-state index is 0.142. The lowest BCUT2D eigenvalue weighted by Crippen LogP contribution is -2.34. The summed E-state index contributed by atoms with van der Waals surface area (Å²) in [5.74, 6) is 1.09. The van der Waals surface area contributed by atoms with Crippen molar-refractivity contribution in [1.82, 2.24) is 4.90 Å². The quantitative estimate of drug-likeness (QED) is 0.146. The molecule has 8 nitrogen and oxygen atoms in total. The Morgan fingerprint density at radius 3 is 2.38 bits per heavy atom. The van der Waals surface area contributed by atoms with Crippen molar-refractivity contribution >= 4 is 41.1 Å². The predicted octanol–water partition coefficient (Wildman–Crippen LogP) is 8.65. The molecule has 3 unspecified atom stereocenters. The van der Waals surface area contributed by atoms with Gasteiger partial charge >= 0.3 is 12.0 Å². The first-order valence-corrected chi connectivity index (χ1v) is 19.8. The molecule has 1 saturated heterocycles. The number of nitrogens with zero attached hydrogens (tertiary/aromatic N) is 3. The molecule has 7 rings (SSSR count). The molecule has 53 heavy (non-hydrogen) atoms. The number of rotatable bonds is 11. The maximum atomic E-state index is 14.2. The summed E-state index contributed by atoms with van der Waals surface area (Å²) < 4.78 is 12.5. The number of aryl methyl sites for hydroxylation is 2. The van der Waals surface area contributed by atoms with E-state index >= 15 is 0 Å². The van der Waals surface area contributed by atoms with Gasteiger partial charge in [-0.25, -0.2) is 4.79 Å². The molecule has 2 fully saturated rings. The molecule has 0 aromatic heterocycles. The highest BCUT2D eigenvalue weighted by molar-refractivity contribution is 6.12. The standard InChI is InChI=1S/C45H53N3O5/c1-5-37(49)26-32-17-15-31(16-18-32)20-23-48-43(50)41(27-33-24-35-10-8-21-47-22-9-11-36(25-33)42(35)47)53-45(48)46-39-13-7-6-12-38(39)44(51)52-40-28-34(29(2)3)19-14-30(40)4/h6-7,12-13,15-18,24-25,27,29-30,34,40H,5,8-11,14,19-23,26,28H2,1-4H3/b41-27+,46-45-. The fraction of sp³-hybridized carbons (Fsp3) is 0.467. The summed E-state index contributed by atoms with van der Waals surface area (Å²) in [5, 5.41) is 0. The Balaban J connectivity index is 1.17. The van der Waals surface area contributed by atoms with Crippen LogP contribution in [0.3, 0.4) is 0 Å². The van der Waals surface area contributed by atoms with Crippen LogP contribution in [0.5, 0.6) is 0 Å². The van der Waals surface area contributed by atoms with Crippen LogP contribution in [0.1, 0.15) is 104 Å². The first-order valence-electron chi connectivity index (χ1n) is 19.8. The molecular formula is C45H53N3O5. The van der Waals surface area contributed by atoms with Gasteiger partial charge in [-0.15, -0.1) is 0 Å². The summed E-state index contributed by atoms with van der Waals surface area (Å²) in [6, 6.07) is 19.7. The van der Waals surface area contributed by atoms with E-state index in [2.05, 4.69) is 37.8 Å². The van der Waals surface area contributed by atoms with Crippen molar-refractivity contribution in [2.75, 3.05) is 24.5 Å². The van der Waals surface area contributed by atoms with E-state index in [1.54, 1.807) is 17.0 Å². The second-order valence-corrected chi connectivity index (χ2v) is 15.7. The smallest absolute Gasteiger partial charge is 0.340 e. The van der Waals surface area contributed by atoms with Crippen LogP contribution in [-0.2, 0) is 44.7 Å². The maximum Gasteiger partial charge on any atom is 0.340 e. The molecule has 3 atom stereocenters. The highest BCUT2D eigenvalue weighted by Crippen LogP contribution is 2.38.